The van der Waals surface area contributed by atoms with Crippen LogP contribution in [0.1, 0.15) is 81.3 Å². The van der Waals surface area contributed by atoms with Crippen LogP contribution in [0.2, 0.25) is 0 Å². The number of aliphatic hydroxyl groups is 1. The van der Waals surface area contributed by atoms with Gasteiger partial charge in [-0.2, -0.15) is 0 Å². The molecule has 2 aliphatic heterocycles. The van der Waals surface area contributed by atoms with Gasteiger partial charge in [-0.1, -0.05) is 20.3 Å². The van der Waals surface area contributed by atoms with Gasteiger partial charge in [-0.3, -0.25) is 9.59 Å². The molecule has 0 saturated heterocycles. The van der Waals surface area contributed by atoms with Gasteiger partial charge in [0.15, 0.2) is 11.5 Å². The maximum atomic E-state index is 13.1. The Bertz CT molecular complexity index is 849. The molecule has 0 unspecified atom stereocenters. The van der Waals surface area contributed by atoms with E-state index >= 15 is 0 Å². The molecular weight excluding hydrogens is 360 g/mol. The predicted molar refractivity (Wildman–Crippen MR) is 105 cm³/mol. The van der Waals surface area contributed by atoms with Gasteiger partial charge in [0.05, 0.1) is 18.1 Å². The zero-order valence-corrected chi connectivity index (χ0v) is 17.0. The highest BCUT2D eigenvalue weighted by Crippen LogP contribution is 2.53. The Hall–Kier alpha value is -2.34. The number of aromatic hydroxyl groups is 1. The van der Waals surface area contributed by atoms with Crippen LogP contribution in [0.15, 0.2) is 6.08 Å². The minimum atomic E-state index is -0.907. The second-order valence-electron chi connectivity index (χ2n) is 8.31. The van der Waals surface area contributed by atoms with Crippen molar-refractivity contribution < 1.29 is 29.3 Å². The van der Waals surface area contributed by atoms with Crippen molar-refractivity contribution in [2.24, 2.45) is 5.92 Å². The van der Waals surface area contributed by atoms with Crippen molar-refractivity contribution in [1.29, 1.82) is 0 Å². The van der Waals surface area contributed by atoms with Crippen LogP contribution in [0.4, 0.5) is 0 Å². The van der Waals surface area contributed by atoms with Gasteiger partial charge < -0.3 is 19.7 Å². The van der Waals surface area contributed by atoms with E-state index in [1.807, 2.05) is 26.8 Å². The molecule has 6 heteroatoms. The summed E-state index contributed by atoms with van der Waals surface area (Å²) in [5.41, 5.74) is 0.430. The van der Waals surface area contributed by atoms with Crippen LogP contribution in [0, 0.1) is 5.92 Å². The summed E-state index contributed by atoms with van der Waals surface area (Å²) in [6.07, 6.45) is 4.43. The number of fused-ring (bicyclic) bond motifs is 3. The largest absolute Gasteiger partial charge is 0.506 e. The lowest BCUT2D eigenvalue weighted by Gasteiger charge is -2.35. The summed E-state index contributed by atoms with van der Waals surface area (Å²) in [7, 11) is 0. The molecule has 3 rings (SSSR count). The van der Waals surface area contributed by atoms with Crippen molar-refractivity contribution in [3.8, 4) is 17.2 Å². The molecule has 0 saturated carbocycles. The molecule has 0 aliphatic carbocycles. The van der Waals surface area contributed by atoms with Crippen LogP contribution in [-0.2, 0) is 4.79 Å². The first kappa shape index (κ1) is 20.4. The molecule has 0 amide bonds. The smallest absolute Gasteiger partial charge is 0.311 e. The first-order valence-corrected chi connectivity index (χ1v) is 9.81. The SMILES string of the molecule is CCC[C@H]1CC(=O)Oc2c(C(=O)[C@H](C)[C@@H](C)O)c(O)c3c(c21)OC(C)(C)C=C3. The highest BCUT2D eigenvalue weighted by molar-refractivity contribution is 6.06. The fourth-order valence-electron chi connectivity index (χ4n) is 3.78. The fraction of sp³-hybridized carbons (Fsp3) is 0.545. The highest BCUT2D eigenvalue weighted by atomic mass is 16.5. The zero-order chi connectivity index (χ0) is 20.8. The van der Waals surface area contributed by atoms with Crippen molar-refractivity contribution in [2.45, 2.75) is 71.5 Å². The third-order valence-electron chi connectivity index (χ3n) is 5.53. The van der Waals surface area contributed by atoms with Crippen molar-refractivity contribution in [1.82, 2.24) is 0 Å². The number of rotatable bonds is 5. The van der Waals surface area contributed by atoms with Crippen LogP contribution in [0.5, 0.6) is 17.2 Å². The molecule has 2 heterocycles. The normalized spacial score (nSPS) is 21.8. The Morgan fingerprint density at radius 3 is 2.61 bits per heavy atom. The average molecular weight is 388 g/mol. The lowest BCUT2D eigenvalue weighted by Crippen LogP contribution is -2.32. The molecule has 1 aromatic carbocycles. The van der Waals surface area contributed by atoms with Gasteiger partial charge in [0.1, 0.15) is 22.7 Å². The number of ketones is 1. The topological polar surface area (TPSA) is 93.1 Å². The van der Waals surface area contributed by atoms with E-state index in [1.165, 1.54) is 6.92 Å². The maximum absolute atomic E-state index is 13.1. The Morgan fingerprint density at radius 2 is 2.00 bits per heavy atom. The molecule has 6 nitrogen and oxygen atoms in total. The summed E-state index contributed by atoms with van der Waals surface area (Å²) in [5, 5.41) is 20.8. The minimum Gasteiger partial charge on any atom is -0.506 e. The van der Waals surface area contributed by atoms with Crippen molar-refractivity contribution in [3.63, 3.8) is 0 Å². The number of hydrogen-bond donors (Lipinski definition) is 2. The molecule has 0 bridgehead atoms. The Labute approximate surface area is 165 Å². The van der Waals surface area contributed by atoms with E-state index in [4.69, 9.17) is 9.47 Å². The highest BCUT2D eigenvalue weighted by Gasteiger charge is 2.41. The lowest BCUT2D eigenvalue weighted by atomic mass is 9.81. The summed E-state index contributed by atoms with van der Waals surface area (Å²) in [4.78, 5) is 25.4. The van der Waals surface area contributed by atoms with Gasteiger partial charge in [0.2, 0.25) is 0 Å². The summed E-state index contributed by atoms with van der Waals surface area (Å²) in [6, 6.07) is 0. The maximum Gasteiger partial charge on any atom is 0.311 e. The Morgan fingerprint density at radius 1 is 1.32 bits per heavy atom. The molecule has 3 atom stereocenters. The first-order chi connectivity index (χ1) is 13.1. The van der Waals surface area contributed by atoms with E-state index in [-0.39, 0.29) is 29.4 Å². The molecule has 2 aliphatic rings. The number of phenolic OH excluding ortho intramolecular Hbond substituents is 1. The van der Waals surface area contributed by atoms with E-state index in [0.29, 0.717) is 16.9 Å². The van der Waals surface area contributed by atoms with Gasteiger partial charge in [0.25, 0.3) is 0 Å². The van der Waals surface area contributed by atoms with Crippen LogP contribution in [0.3, 0.4) is 0 Å². The second kappa shape index (κ2) is 7.24. The molecule has 2 N–H and O–H groups in total. The number of carbonyl (C=O) groups excluding carboxylic acids is 2. The molecule has 1 aromatic rings. The van der Waals surface area contributed by atoms with Crippen molar-refractivity contribution >= 4 is 17.8 Å². The molecular formula is C22H28O6. The van der Waals surface area contributed by atoms with Crippen LogP contribution in [0.25, 0.3) is 6.08 Å². The van der Waals surface area contributed by atoms with E-state index in [9.17, 15) is 19.8 Å². The number of carbonyl (C=O) groups is 2. The number of esters is 1. The number of phenols is 1. The molecule has 0 fully saturated rings. The number of ether oxygens (including phenoxy) is 2. The standard InChI is InChI=1S/C22H28O6/c1-6-7-13-10-15(24)27-21-16(13)20-14(8-9-22(4,5)28-20)19(26)17(21)18(25)11(2)12(3)23/h8-9,11-13,23,26H,6-7,10H2,1-5H3/t11-,12-,13+/m1/s1. The quantitative estimate of drug-likeness (QED) is 0.450. The summed E-state index contributed by atoms with van der Waals surface area (Å²) in [6.45, 7) is 8.92. The predicted octanol–water partition coefficient (Wildman–Crippen LogP) is 3.97. The number of Topliss-reactive ketones (excluding diaryl/α,β-unsaturated/α-hetero) is 1. The summed E-state index contributed by atoms with van der Waals surface area (Å²) in [5.74, 6) is -1.55. The summed E-state index contributed by atoms with van der Waals surface area (Å²) >= 11 is 0. The fourth-order valence-corrected chi connectivity index (χ4v) is 3.78. The Kier molecular flexibility index (Phi) is 5.28. The lowest BCUT2D eigenvalue weighted by molar-refractivity contribution is -0.136. The second-order valence-corrected chi connectivity index (χ2v) is 8.31. The van der Waals surface area contributed by atoms with Crippen molar-refractivity contribution in [3.05, 3.63) is 22.8 Å². The van der Waals surface area contributed by atoms with Crippen LogP contribution >= 0.6 is 0 Å². The van der Waals surface area contributed by atoms with E-state index in [0.717, 1.165) is 12.8 Å². The molecule has 0 spiro atoms. The van der Waals surface area contributed by atoms with E-state index < -0.39 is 29.4 Å². The monoisotopic (exact) mass is 388 g/mol. The van der Waals surface area contributed by atoms with Gasteiger partial charge in [-0.25, -0.2) is 0 Å². The number of hydrogen-bond acceptors (Lipinski definition) is 6. The molecule has 0 aromatic heterocycles. The van der Waals surface area contributed by atoms with Crippen LogP contribution < -0.4 is 9.47 Å². The van der Waals surface area contributed by atoms with Gasteiger partial charge in [0, 0.05) is 17.4 Å². The third kappa shape index (κ3) is 3.41. The molecule has 0 radical (unpaired) electrons. The van der Waals surface area contributed by atoms with Gasteiger partial charge in [-0.05, 0) is 39.3 Å². The average Bonchev–Trinajstić information content (AvgIpc) is 2.59. The van der Waals surface area contributed by atoms with Crippen LogP contribution in [-0.4, -0.2) is 33.7 Å². The Balaban J connectivity index is 2.32. The van der Waals surface area contributed by atoms with Gasteiger partial charge >= 0.3 is 5.97 Å². The van der Waals surface area contributed by atoms with Crippen molar-refractivity contribution in [2.75, 3.05) is 0 Å². The van der Waals surface area contributed by atoms with E-state index in [1.54, 1.807) is 13.0 Å². The molecule has 152 valence electrons. The number of benzene rings is 1. The third-order valence-corrected chi connectivity index (χ3v) is 5.53. The summed E-state index contributed by atoms with van der Waals surface area (Å²) < 4.78 is 11.7. The molecule has 28 heavy (non-hydrogen) atoms. The zero-order valence-electron chi connectivity index (χ0n) is 17.0. The van der Waals surface area contributed by atoms with Gasteiger partial charge in [-0.15, -0.1) is 0 Å². The number of aliphatic hydroxyl groups excluding tert-OH is 1. The first-order valence-electron chi connectivity index (χ1n) is 9.81. The van der Waals surface area contributed by atoms with E-state index in [2.05, 4.69) is 0 Å². The minimum absolute atomic E-state index is 0.0516.